The van der Waals surface area contributed by atoms with E-state index >= 15 is 0 Å². The fourth-order valence-corrected chi connectivity index (χ4v) is 2.89. The Morgan fingerprint density at radius 3 is 1.44 bits per heavy atom. The fraction of sp³-hybridized carbons (Fsp3) is 0.905. The number of hydrogen-bond acceptors (Lipinski definition) is 4. The summed E-state index contributed by atoms with van der Waals surface area (Å²) in [5.74, 6) is -1.38. The SMILES string of the molecule is CCCCCCCCCCCCCCCCCC(=O)OC(=O)C(C)O.[H+].[H-].[H-].[K+].[K+]. The zero-order valence-electron chi connectivity index (χ0n) is 21.6. The molecule has 0 bridgehead atoms. The van der Waals surface area contributed by atoms with Crippen molar-refractivity contribution < 1.29 is 126 Å². The van der Waals surface area contributed by atoms with E-state index in [1.807, 2.05) is 0 Å². The predicted octanol–water partition coefficient (Wildman–Crippen LogP) is 0.0440. The Morgan fingerprint density at radius 1 is 0.778 bits per heavy atom. The molecule has 0 aliphatic heterocycles. The van der Waals surface area contributed by atoms with Crippen molar-refractivity contribution in [1.82, 2.24) is 0 Å². The van der Waals surface area contributed by atoms with E-state index in [4.69, 9.17) is 5.11 Å². The van der Waals surface area contributed by atoms with Crippen molar-refractivity contribution in [1.29, 1.82) is 0 Å². The van der Waals surface area contributed by atoms with Crippen molar-refractivity contribution in [3.05, 3.63) is 0 Å². The molecule has 1 atom stereocenters. The number of ether oxygens (including phenoxy) is 1. The van der Waals surface area contributed by atoms with Crippen molar-refractivity contribution in [2.75, 3.05) is 0 Å². The molecule has 27 heavy (non-hydrogen) atoms. The number of carbonyl (C=O) groups is 2. The van der Waals surface area contributed by atoms with Gasteiger partial charge in [-0.3, -0.25) is 4.79 Å². The first-order valence-electron chi connectivity index (χ1n) is 10.5. The number of hydrogen-bond donors (Lipinski definition) is 1. The maximum absolute atomic E-state index is 11.3. The summed E-state index contributed by atoms with van der Waals surface area (Å²) in [4.78, 5) is 22.4. The van der Waals surface area contributed by atoms with Crippen LogP contribution in [-0.4, -0.2) is 23.1 Å². The minimum absolute atomic E-state index is 0. The molecule has 0 heterocycles. The molecule has 0 spiro atoms. The third kappa shape index (κ3) is 26.3. The molecular weight excluding hydrogens is 394 g/mol. The van der Waals surface area contributed by atoms with E-state index in [9.17, 15) is 9.59 Å². The molecule has 0 amide bonds. The van der Waals surface area contributed by atoms with Crippen molar-refractivity contribution in [2.45, 2.75) is 123 Å². The maximum atomic E-state index is 11.3. The van der Waals surface area contributed by atoms with Gasteiger partial charge in [-0.1, -0.05) is 96.8 Å². The van der Waals surface area contributed by atoms with Gasteiger partial charge in [-0.05, 0) is 13.3 Å². The molecule has 0 aromatic rings. The summed E-state index contributed by atoms with van der Waals surface area (Å²) in [5.41, 5.74) is 0. The van der Waals surface area contributed by atoms with Crippen molar-refractivity contribution >= 4 is 11.9 Å². The van der Waals surface area contributed by atoms with Crippen LogP contribution in [0.2, 0.25) is 0 Å². The Balaban J connectivity index is -0.000000288. The normalized spacial score (nSPS) is 11.2. The van der Waals surface area contributed by atoms with Gasteiger partial charge in [0, 0.05) is 6.42 Å². The smallest absolute Gasteiger partial charge is 1.00 e. The van der Waals surface area contributed by atoms with Gasteiger partial charge in [0.05, 0.1) is 0 Å². The van der Waals surface area contributed by atoms with Gasteiger partial charge in [-0.15, -0.1) is 0 Å². The van der Waals surface area contributed by atoms with Crippen LogP contribution in [0.15, 0.2) is 0 Å². The van der Waals surface area contributed by atoms with Gasteiger partial charge < -0.3 is 12.7 Å². The summed E-state index contributed by atoms with van der Waals surface area (Å²) < 4.78 is 4.50. The van der Waals surface area contributed by atoms with Crippen molar-refractivity contribution in [3.8, 4) is 0 Å². The number of carbonyl (C=O) groups excluding carboxylic acids is 2. The van der Waals surface area contributed by atoms with E-state index in [-0.39, 0.29) is 113 Å². The van der Waals surface area contributed by atoms with Crippen LogP contribution < -0.4 is 103 Å². The van der Waals surface area contributed by atoms with Crippen molar-refractivity contribution in [3.63, 3.8) is 0 Å². The molecule has 152 valence electrons. The second-order valence-electron chi connectivity index (χ2n) is 7.17. The third-order valence-corrected chi connectivity index (χ3v) is 4.54. The van der Waals surface area contributed by atoms with Gasteiger partial charge >= 0.3 is 116 Å². The molecule has 4 nitrogen and oxygen atoms in total. The van der Waals surface area contributed by atoms with Crippen LogP contribution in [-0.2, 0) is 14.3 Å². The van der Waals surface area contributed by atoms with Crippen LogP contribution in [0, 0.1) is 0 Å². The number of aliphatic hydroxyl groups excluding tert-OH is 1. The standard InChI is InChI=1S/C21H40O4.2K.2H/c1-3-4-5-6-7-8-9-10-11-12-13-14-15-16-17-18-20(23)25-21(24)19(2)22;;;;/h19,22H,3-18H2,1-2H3;;;;/q;2*+1;2*-1/p+1. The quantitative estimate of drug-likeness (QED) is 0.151. The van der Waals surface area contributed by atoms with E-state index in [0.29, 0.717) is 0 Å². The number of unbranched alkanes of at least 4 members (excludes halogenated alkanes) is 14. The van der Waals surface area contributed by atoms with Crippen LogP contribution in [0.5, 0.6) is 0 Å². The van der Waals surface area contributed by atoms with Crippen LogP contribution >= 0.6 is 0 Å². The topological polar surface area (TPSA) is 63.6 Å². The summed E-state index contributed by atoms with van der Waals surface area (Å²) in [6, 6.07) is 0. The first-order valence-corrected chi connectivity index (χ1v) is 10.5. The second-order valence-corrected chi connectivity index (χ2v) is 7.17. The Bertz CT molecular complexity index is 350. The monoisotopic (exact) mass is 437 g/mol. The van der Waals surface area contributed by atoms with Gasteiger partial charge in [0.2, 0.25) is 0 Å². The molecule has 0 rings (SSSR count). The zero-order valence-corrected chi connectivity index (χ0v) is 24.8. The Morgan fingerprint density at radius 2 is 1.11 bits per heavy atom. The molecule has 0 fully saturated rings. The van der Waals surface area contributed by atoms with Crippen LogP contribution in [0.1, 0.15) is 121 Å². The van der Waals surface area contributed by atoms with Gasteiger partial charge in [0.1, 0.15) is 6.10 Å². The molecule has 6 heteroatoms. The zero-order chi connectivity index (χ0) is 18.8. The summed E-state index contributed by atoms with van der Waals surface area (Å²) >= 11 is 0. The molecule has 0 aliphatic carbocycles. The number of esters is 2. The van der Waals surface area contributed by atoms with Crippen LogP contribution in [0.4, 0.5) is 0 Å². The van der Waals surface area contributed by atoms with Crippen LogP contribution in [0.3, 0.4) is 0 Å². The van der Waals surface area contributed by atoms with Gasteiger partial charge in [0.15, 0.2) is 0 Å². The summed E-state index contributed by atoms with van der Waals surface area (Å²) in [6.45, 7) is 3.55. The van der Waals surface area contributed by atoms with Gasteiger partial charge in [0.25, 0.3) is 0 Å². The average molecular weight is 438 g/mol. The largest absolute Gasteiger partial charge is 1.00 e. The van der Waals surface area contributed by atoms with Crippen molar-refractivity contribution in [2.24, 2.45) is 0 Å². The average Bonchev–Trinajstić information content (AvgIpc) is 2.58. The molecule has 0 saturated heterocycles. The minimum Gasteiger partial charge on any atom is -1.00 e. The third-order valence-electron chi connectivity index (χ3n) is 4.54. The maximum Gasteiger partial charge on any atom is 1.00 e. The molecule has 0 radical (unpaired) electrons. The minimum atomic E-state index is -1.23. The Kier molecular flexibility index (Phi) is 33.3. The van der Waals surface area contributed by atoms with Crippen LogP contribution in [0.25, 0.3) is 0 Å². The van der Waals surface area contributed by atoms with E-state index in [2.05, 4.69) is 11.7 Å². The number of rotatable bonds is 17. The molecule has 0 aliphatic rings. The Labute approximate surface area is 257 Å². The fourth-order valence-electron chi connectivity index (χ4n) is 2.89. The molecule has 1 N–H and O–H groups in total. The Hall–Kier alpha value is 2.37. The van der Waals surface area contributed by atoms with E-state index in [1.165, 1.54) is 84.0 Å². The van der Waals surface area contributed by atoms with E-state index in [0.717, 1.165) is 19.3 Å². The molecule has 0 aromatic heterocycles. The van der Waals surface area contributed by atoms with Gasteiger partial charge in [-0.2, -0.15) is 0 Å². The summed E-state index contributed by atoms with van der Waals surface area (Å²) in [7, 11) is 0. The first-order chi connectivity index (χ1) is 12.1. The van der Waals surface area contributed by atoms with Gasteiger partial charge in [-0.25, -0.2) is 4.79 Å². The summed E-state index contributed by atoms with van der Waals surface area (Å²) in [5, 5.41) is 8.95. The molecule has 0 aromatic carbocycles. The number of aliphatic hydroxyl groups is 1. The van der Waals surface area contributed by atoms with E-state index < -0.39 is 18.0 Å². The molecular formula is C21H43K2O4+. The molecule has 1 unspecified atom stereocenters. The van der Waals surface area contributed by atoms with E-state index in [1.54, 1.807) is 0 Å². The predicted molar refractivity (Wildman–Crippen MR) is 106 cm³/mol. The first kappa shape index (κ1) is 34.0. The summed E-state index contributed by atoms with van der Waals surface area (Å²) in [6.07, 6.45) is 18.2. The molecule has 0 saturated carbocycles. The second kappa shape index (κ2) is 26.4.